The summed E-state index contributed by atoms with van der Waals surface area (Å²) in [6.45, 7) is 0. The van der Waals surface area contributed by atoms with Gasteiger partial charge in [0.1, 0.15) is 11.6 Å². The minimum absolute atomic E-state index is 0.905. The second kappa shape index (κ2) is 36.0. The van der Waals surface area contributed by atoms with Gasteiger partial charge in [-0.05, 0) is 241 Å². The third-order valence-corrected chi connectivity index (χ3v) is 28.9. The molecule has 15 aromatic heterocycles. The number of pyridine rings is 11. The Labute approximate surface area is 847 Å². The average Bonchev–Trinajstić information content (AvgIpc) is 1.56. The van der Waals surface area contributed by atoms with Crippen LogP contribution in [0.4, 0.5) is 0 Å². The molecule has 0 saturated carbocycles. The van der Waals surface area contributed by atoms with Crippen LogP contribution < -0.4 is 0 Å². The Balaban J connectivity index is 0.0000000957. The molecule has 0 radical (unpaired) electrons. The maximum Gasteiger partial charge on any atom is 0.145 e. The molecule has 0 atom stereocenters. The largest absolute Gasteiger partial charge is 0.308 e. The Kier molecular flexibility index (Phi) is 20.9. The quantitative estimate of drug-likeness (QED) is 0.120. The molecule has 148 heavy (non-hydrogen) atoms. The Bertz CT molecular complexity index is 10400. The first-order valence-corrected chi connectivity index (χ1v) is 49.5. The van der Waals surface area contributed by atoms with Crippen LogP contribution >= 0.6 is 0 Å². The van der Waals surface area contributed by atoms with Gasteiger partial charge < -0.3 is 9.13 Å². The third-order valence-electron chi connectivity index (χ3n) is 28.9. The van der Waals surface area contributed by atoms with Crippen molar-refractivity contribution in [3.63, 3.8) is 0 Å². The maximum atomic E-state index is 4.97. The van der Waals surface area contributed by atoms with E-state index in [1.165, 1.54) is 102 Å². The van der Waals surface area contributed by atoms with Gasteiger partial charge in [-0.25, -0.2) is 15.0 Å². The molecule has 15 heterocycles. The van der Waals surface area contributed by atoms with Crippen LogP contribution in [0.2, 0.25) is 0 Å². The summed E-state index contributed by atoms with van der Waals surface area (Å²) in [7, 11) is 0. The van der Waals surface area contributed by atoms with Crippen LogP contribution in [0.5, 0.6) is 0 Å². The highest BCUT2D eigenvalue weighted by Gasteiger charge is 2.25. The minimum Gasteiger partial charge on any atom is -0.308 e. The molecule has 0 N–H and O–H groups in total. The minimum atomic E-state index is 0.905. The molecule has 0 unspecified atom stereocenters. The highest BCUT2D eigenvalue weighted by atomic mass is 15.1. The van der Waals surface area contributed by atoms with Crippen molar-refractivity contribution in [1.82, 2.24) is 73.1 Å². The number of aromatic nitrogens is 15. The van der Waals surface area contributed by atoms with Gasteiger partial charge in [-0.15, -0.1) is 0 Å². The van der Waals surface area contributed by atoms with Crippen LogP contribution in [-0.4, -0.2) is 73.1 Å². The van der Waals surface area contributed by atoms with Gasteiger partial charge in [-0.2, -0.15) is 0 Å². The van der Waals surface area contributed by atoms with Gasteiger partial charge in [0.15, 0.2) is 0 Å². The molecule has 15 heteroatoms. The Morgan fingerprint density at radius 2 is 0.520 bits per heavy atom. The van der Waals surface area contributed by atoms with Crippen molar-refractivity contribution in [2.45, 2.75) is 0 Å². The van der Waals surface area contributed by atoms with E-state index in [0.29, 0.717) is 0 Å². The van der Waals surface area contributed by atoms with Gasteiger partial charge in [0.2, 0.25) is 0 Å². The Morgan fingerprint density at radius 1 is 0.162 bits per heavy atom. The summed E-state index contributed by atoms with van der Waals surface area (Å²) in [6.07, 6.45) is 24.4. The molecule has 0 bridgehead atoms. The predicted molar refractivity (Wildman–Crippen MR) is 609 cm³/mol. The monoisotopic (exact) mass is 1890 g/mol. The van der Waals surface area contributed by atoms with Crippen molar-refractivity contribution in [3.8, 4) is 90.3 Å². The van der Waals surface area contributed by atoms with Gasteiger partial charge in [0.05, 0.1) is 107 Å². The summed E-state index contributed by atoms with van der Waals surface area (Å²) in [5, 5.41) is 27.6. The lowest BCUT2D eigenvalue weighted by Crippen LogP contribution is -1.98. The molecule has 31 aromatic rings. The molecule has 0 aliphatic carbocycles. The zero-order valence-corrected chi connectivity index (χ0v) is 79.6. The molecule has 0 aliphatic heterocycles. The summed E-state index contributed by atoms with van der Waals surface area (Å²) in [5.41, 5.74) is 26.6. The molecule has 16 aromatic carbocycles. The standard InChI is InChI=1S/C38H23N5.C35H22N4.2C30H19N3/c1-2-9-29-24(6-1)12-16-35-36(29)32-20-25(13-15-34(32)43(35)28-8-4-17-39-23-28)33-14-11-27(22-42-33)31-21-26-7-3-18-40-37(26)38-30(31)10-5-19-41-38;1-3-9-28-23(6-1)13-18-34-35(28)29-20-25(14-17-33(29)39(34)27-8-5-19-36-22-27)30-15-12-26(21-37-30)32-16-11-24-7-2-4-10-31(24)38-32;1-3-9-23-20(7-1)12-15-28-29(23)25-19-22(26-11-5-6-17-31-26)13-14-27(25)33(28)30-24-10-4-2-8-21(24)16-18-32-30;1-3-9-24-20(6-1)11-14-28-29(24)26-18-22(23-8-5-16-31-19-23)12-13-27(26)33(28)30-25-10-4-2-7-21(25)15-17-32-30/h1-23H;1-22H;2*1-19H. The van der Waals surface area contributed by atoms with E-state index in [4.69, 9.17) is 24.9 Å². The van der Waals surface area contributed by atoms with E-state index in [1.54, 1.807) is 0 Å². The third kappa shape index (κ3) is 14.8. The van der Waals surface area contributed by atoms with Crippen molar-refractivity contribution >= 4 is 185 Å². The topological polar surface area (TPSA) is 162 Å². The maximum absolute atomic E-state index is 4.97. The highest BCUT2D eigenvalue weighted by Crippen LogP contribution is 2.47. The fourth-order valence-electron chi connectivity index (χ4n) is 22.1. The molecule has 0 saturated heterocycles. The summed E-state index contributed by atoms with van der Waals surface area (Å²) in [4.78, 5) is 51.4. The molecule has 690 valence electrons. The number of rotatable bonds is 10. The van der Waals surface area contributed by atoms with Crippen LogP contribution in [0.25, 0.3) is 275 Å². The molecule has 0 aliphatic rings. The number of hydrogen-bond acceptors (Lipinski definition) is 11. The molecular formula is C133H83N15. The van der Waals surface area contributed by atoms with E-state index in [-0.39, 0.29) is 0 Å². The fourth-order valence-corrected chi connectivity index (χ4v) is 22.1. The van der Waals surface area contributed by atoms with E-state index < -0.39 is 0 Å². The molecular weight excluding hydrogens is 1810 g/mol. The van der Waals surface area contributed by atoms with Gasteiger partial charge >= 0.3 is 0 Å². The van der Waals surface area contributed by atoms with E-state index in [1.807, 2.05) is 141 Å². The SMILES string of the molecule is c1ccc(-c2ccc3c(c2)c2c4ccccc4ccc2n3-c2nccc3ccccc23)nc1.c1cncc(-c2ccc3c(c2)c2c4ccccc4ccc2n3-c2nccc3ccccc23)c1.c1cncc(-n2c3ccc(-c4ccc(-c5cc6cccnc6c6ncccc56)cn4)cc3c3c4ccccc4ccc32)c1.c1cncc(-n2c3ccc(-c4ccc(-c5ccc6ccccc6n5)cn4)cc3c3c4ccccc4ccc32)c1. The highest BCUT2D eigenvalue weighted by molar-refractivity contribution is 6.27. The van der Waals surface area contributed by atoms with Crippen molar-refractivity contribution in [3.05, 3.63) is 505 Å². The zero-order valence-electron chi connectivity index (χ0n) is 79.6. The smallest absolute Gasteiger partial charge is 0.145 e. The van der Waals surface area contributed by atoms with Crippen molar-refractivity contribution in [2.24, 2.45) is 0 Å². The lowest BCUT2D eigenvalue weighted by molar-refractivity contribution is 1.10. The summed E-state index contributed by atoms with van der Waals surface area (Å²) in [5.74, 6) is 1.91. The van der Waals surface area contributed by atoms with Crippen molar-refractivity contribution in [2.75, 3.05) is 0 Å². The summed E-state index contributed by atoms with van der Waals surface area (Å²) >= 11 is 0. The van der Waals surface area contributed by atoms with Crippen molar-refractivity contribution < 1.29 is 0 Å². The first-order valence-electron chi connectivity index (χ1n) is 49.5. The first kappa shape index (κ1) is 85.7. The van der Waals surface area contributed by atoms with E-state index in [2.05, 4.69) is 412 Å². The van der Waals surface area contributed by atoms with E-state index in [9.17, 15) is 0 Å². The van der Waals surface area contributed by atoms with Crippen molar-refractivity contribution in [1.29, 1.82) is 0 Å². The van der Waals surface area contributed by atoms with Gasteiger partial charge in [0, 0.05) is 172 Å². The van der Waals surface area contributed by atoms with Crippen LogP contribution in [0.1, 0.15) is 0 Å². The second-order valence-corrected chi connectivity index (χ2v) is 37.2. The number of para-hydroxylation sites is 1. The van der Waals surface area contributed by atoms with Crippen LogP contribution in [0.15, 0.2) is 505 Å². The first-order chi connectivity index (χ1) is 73.4. The van der Waals surface area contributed by atoms with Crippen LogP contribution in [0, 0.1) is 0 Å². The molecule has 0 fully saturated rings. The molecule has 0 spiro atoms. The Morgan fingerprint density at radius 3 is 0.986 bits per heavy atom. The zero-order chi connectivity index (χ0) is 97.6. The average molecular weight is 1890 g/mol. The lowest BCUT2D eigenvalue weighted by Gasteiger charge is -2.10. The number of fused-ring (bicyclic) bond motifs is 26. The summed E-state index contributed by atoms with van der Waals surface area (Å²) in [6, 6.07) is 149. The van der Waals surface area contributed by atoms with Gasteiger partial charge in [-0.1, -0.05) is 249 Å². The molecule has 15 nitrogen and oxygen atoms in total. The van der Waals surface area contributed by atoms with Gasteiger partial charge in [0.25, 0.3) is 0 Å². The van der Waals surface area contributed by atoms with Crippen LogP contribution in [0.3, 0.4) is 0 Å². The summed E-state index contributed by atoms with van der Waals surface area (Å²) < 4.78 is 9.22. The number of benzene rings is 16. The van der Waals surface area contributed by atoms with Gasteiger partial charge in [-0.3, -0.25) is 49.0 Å². The Hall–Kier alpha value is -20.3. The fraction of sp³-hybridized carbons (Fsp3) is 0. The second-order valence-electron chi connectivity index (χ2n) is 37.2. The van der Waals surface area contributed by atoms with E-state index in [0.717, 1.165) is 172 Å². The van der Waals surface area contributed by atoms with E-state index >= 15 is 0 Å². The normalized spacial score (nSPS) is 11.6. The lowest BCUT2D eigenvalue weighted by atomic mass is 9.98. The molecule has 31 rings (SSSR count). The van der Waals surface area contributed by atoms with Crippen LogP contribution in [-0.2, 0) is 0 Å². The predicted octanol–water partition coefficient (Wildman–Crippen LogP) is 32.9. The number of hydrogen-bond donors (Lipinski definition) is 0. The number of nitrogens with zero attached hydrogens (tertiary/aromatic N) is 15. The molecule has 0 amide bonds.